The van der Waals surface area contributed by atoms with Crippen LogP contribution in [0.1, 0.15) is 5.56 Å². The van der Waals surface area contributed by atoms with Crippen molar-refractivity contribution in [3.63, 3.8) is 0 Å². The molecule has 0 aliphatic rings. The van der Waals surface area contributed by atoms with Crippen molar-refractivity contribution in [2.45, 2.75) is 0 Å². The summed E-state index contributed by atoms with van der Waals surface area (Å²) in [6.07, 6.45) is 3.09. The molecular weight excluding hydrogens is 352 g/mol. The van der Waals surface area contributed by atoms with Gasteiger partial charge in [-0.25, -0.2) is 0 Å². The lowest BCUT2D eigenvalue weighted by molar-refractivity contribution is -0.112. The predicted octanol–water partition coefficient (Wildman–Crippen LogP) is 4.46. The molecule has 2 rings (SSSR count). The Kier molecular flexibility index (Phi) is 6.84. The summed E-state index contributed by atoms with van der Waals surface area (Å²) >= 11 is 6.02. The monoisotopic (exact) mass is 368 g/mol. The number of halogens is 1. The molecule has 0 radical (unpaired) electrons. The molecule has 0 saturated heterocycles. The maximum atomic E-state index is 12.3. The van der Waals surface area contributed by atoms with Gasteiger partial charge in [0.2, 0.25) is 0 Å². The van der Waals surface area contributed by atoms with Gasteiger partial charge in [0, 0.05) is 0 Å². The fourth-order valence-electron chi connectivity index (χ4n) is 2.11. The highest BCUT2D eigenvalue weighted by Crippen LogP contribution is 2.29. The number of methoxy groups -OCH3 is 1. The number of benzene rings is 2. The molecule has 2 aromatic carbocycles. The second-order valence-corrected chi connectivity index (χ2v) is 5.52. The van der Waals surface area contributed by atoms with Gasteiger partial charge in [-0.3, -0.25) is 4.79 Å². The van der Waals surface area contributed by atoms with Crippen LogP contribution in [0, 0.1) is 11.3 Å². The zero-order chi connectivity index (χ0) is 18.9. The van der Waals surface area contributed by atoms with E-state index in [4.69, 9.17) is 21.1 Å². The number of carbonyl (C=O) groups excluding carboxylic acids is 1. The Morgan fingerprint density at radius 1 is 1.31 bits per heavy atom. The lowest BCUT2D eigenvalue weighted by Crippen LogP contribution is -2.13. The highest BCUT2D eigenvalue weighted by Gasteiger charge is 2.12. The molecule has 6 heteroatoms. The zero-order valence-corrected chi connectivity index (χ0v) is 14.9. The molecule has 0 spiro atoms. The van der Waals surface area contributed by atoms with Crippen molar-refractivity contribution in [2.24, 2.45) is 0 Å². The summed E-state index contributed by atoms with van der Waals surface area (Å²) in [5, 5.41) is 12.3. The Morgan fingerprint density at radius 2 is 2.08 bits per heavy atom. The molecule has 0 aliphatic carbocycles. The number of nitrogens with zero attached hydrogens (tertiary/aromatic N) is 1. The smallest absolute Gasteiger partial charge is 0.266 e. The number of rotatable bonds is 7. The number of carbonyl (C=O) groups is 1. The first-order valence-electron chi connectivity index (χ1n) is 7.68. The number of hydrogen-bond donors (Lipinski definition) is 1. The van der Waals surface area contributed by atoms with Gasteiger partial charge in [-0.15, -0.1) is 0 Å². The summed E-state index contributed by atoms with van der Waals surface area (Å²) in [6, 6.07) is 13.8. The number of nitrogens with one attached hydrogen (secondary N) is 1. The molecule has 1 amide bonds. The van der Waals surface area contributed by atoms with Crippen molar-refractivity contribution in [1.29, 1.82) is 5.26 Å². The van der Waals surface area contributed by atoms with Crippen LogP contribution in [-0.2, 0) is 4.79 Å². The van der Waals surface area contributed by atoms with E-state index in [0.29, 0.717) is 34.4 Å². The number of amides is 1. The largest absolute Gasteiger partial charge is 0.493 e. The average Bonchev–Trinajstić information content (AvgIpc) is 2.66. The standard InChI is InChI=1S/C20H17ClN2O3/c1-3-10-26-18-9-8-14(12-19(18)25-2)11-15(13-22)20(24)23-17-7-5-4-6-16(17)21/h3-9,11-12H,1,10H2,2H3,(H,23,24)/b15-11+. The average molecular weight is 369 g/mol. The highest BCUT2D eigenvalue weighted by atomic mass is 35.5. The molecule has 0 aromatic heterocycles. The van der Waals surface area contributed by atoms with Crippen molar-refractivity contribution >= 4 is 29.3 Å². The van der Waals surface area contributed by atoms with E-state index in [1.807, 2.05) is 6.07 Å². The molecule has 26 heavy (non-hydrogen) atoms. The predicted molar refractivity (Wildman–Crippen MR) is 102 cm³/mol. The molecule has 0 saturated carbocycles. The van der Waals surface area contributed by atoms with Gasteiger partial charge in [0.25, 0.3) is 5.91 Å². The molecule has 2 aromatic rings. The van der Waals surface area contributed by atoms with Crippen molar-refractivity contribution in [1.82, 2.24) is 0 Å². The van der Waals surface area contributed by atoms with Gasteiger partial charge in [0.1, 0.15) is 18.2 Å². The number of hydrogen-bond acceptors (Lipinski definition) is 4. The van der Waals surface area contributed by atoms with Gasteiger partial charge in [-0.05, 0) is 35.9 Å². The topological polar surface area (TPSA) is 71.3 Å². The summed E-state index contributed by atoms with van der Waals surface area (Å²) in [5.41, 5.74) is 0.997. The van der Waals surface area contributed by atoms with E-state index < -0.39 is 5.91 Å². The highest BCUT2D eigenvalue weighted by molar-refractivity contribution is 6.34. The second kappa shape index (κ2) is 9.30. The van der Waals surface area contributed by atoms with E-state index in [1.54, 1.807) is 48.5 Å². The molecule has 0 heterocycles. The maximum absolute atomic E-state index is 12.3. The third-order valence-electron chi connectivity index (χ3n) is 3.34. The van der Waals surface area contributed by atoms with Gasteiger partial charge in [0.15, 0.2) is 11.5 Å². The molecule has 0 atom stereocenters. The van der Waals surface area contributed by atoms with Crippen molar-refractivity contribution < 1.29 is 14.3 Å². The number of nitriles is 1. The Morgan fingerprint density at radius 3 is 2.73 bits per heavy atom. The normalized spacial score (nSPS) is 10.6. The summed E-state index contributed by atoms with van der Waals surface area (Å²) in [5.74, 6) is 0.486. The minimum atomic E-state index is -0.549. The third kappa shape index (κ3) is 4.88. The Balaban J connectivity index is 2.25. The lowest BCUT2D eigenvalue weighted by Gasteiger charge is -2.10. The van der Waals surface area contributed by atoms with Crippen molar-refractivity contribution in [2.75, 3.05) is 19.0 Å². The quantitative estimate of drug-likeness (QED) is 0.445. The number of ether oxygens (including phenoxy) is 2. The van der Waals surface area contributed by atoms with E-state index in [2.05, 4.69) is 11.9 Å². The van der Waals surface area contributed by atoms with E-state index in [9.17, 15) is 10.1 Å². The van der Waals surface area contributed by atoms with Crippen LogP contribution >= 0.6 is 11.6 Å². The SMILES string of the molecule is C=CCOc1ccc(/C=C(\C#N)C(=O)Nc2ccccc2Cl)cc1OC. The molecule has 1 N–H and O–H groups in total. The molecule has 132 valence electrons. The first-order chi connectivity index (χ1) is 12.6. The fraction of sp³-hybridized carbons (Fsp3) is 0.100. The van der Waals surface area contributed by atoms with E-state index in [0.717, 1.165) is 0 Å². The minimum absolute atomic E-state index is 0.0632. The Bertz CT molecular complexity index is 885. The molecule has 0 fully saturated rings. The van der Waals surface area contributed by atoms with Crippen LogP contribution in [-0.4, -0.2) is 19.6 Å². The van der Waals surface area contributed by atoms with Crippen LogP contribution in [0.2, 0.25) is 5.02 Å². The number of anilines is 1. The van der Waals surface area contributed by atoms with Crippen LogP contribution in [0.4, 0.5) is 5.69 Å². The zero-order valence-electron chi connectivity index (χ0n) is 14.2. The summed E-state index contributed by atoms with van der Waals surface area (Å²) in [7, 11) is 1.51. The molecule has 0 aliphatic heterocycles. The lowest BCUT2D eigenvalue weighted by atomic mass is 10.1. The second-order valence-electron chi connectivity index (χ2n) is 5.11. The minimum Gasteiger partial charge on any atom is -0.493 e. The van der Waals surface area contributed by atoms with Crippen LogP contribution in [0.3, 0.4) is 0 Å². The third-order valence-corrected chi connectivity index (χ3v) is 3.67. The summed E-state index contributed by atoms with van der Waals surface area (Å²) < 4.78 is 10.8. The van der Waals surface area contributed by atoms with Crippen molar-refractivity contribution in [3.8, 4) is 17.6 Å². The van der Waals surface area contributed by atoms with Gasteiger partial charge >= 0.3 is 0 Å². The first-order valence-corrected chi connectivity index (χ1v) is 8.06. The Hall–Kier alpha value is -3.23. The van der Waals surface area contributed by atoms with E-state index in [-0.39, 0.29) is 5.57 Å². The van der Waals surface area contributed by atoms with Crippen LogP contribution in [0.5, 0.6) is 11.5 Å². The maximum Gasteiger partial charge on any atom is 0.266 e. The van der Waals surface area contributed by atoms with Crippen molar-refractivity contribution in [3.05, 3.63) is 71.3 Å². The molecule has 0 bridgehead atoms. The van der Waals surface area contributed by atoms with Gasteiger partial charge in [0.05, 0.1) is 17.8 Å². The van der Waals surface area contributed by atoms with E-state index >= 15 is 0 Å². The van der Waals surface area contributed by atoms with Crippen LogP contribution < -0.4 is 14.8 Å². The van der Waals surface area contributed by atoms with Gasteiger partial charge < -0.3 is 14.8 Å². The molecule has 0 unspecified atom stereocenters. The van der Waals surface area contributed by atoms with Crippen LogP contribution in [0.25, 0.3) is 6.08 Å². The van der Waals surface area contributed by atoms with Crippen LogP contribution in [0.15, 0.2) is 60.7 Å². The summed E-state index contributed by atoms with van der Waals surface area (Å²) in [4.78, 5) is 12.3. The Labute approximate surface area is 157 Å². The van der Waals surface area contributed by atoms with Gasteiger partial charge in [-0.2, -0.15) is 5.26 Å². The fourth-order valence-corrected chi connectivity index (χ4v) is 2.29. The number of para-hydroxylation sites is 1. The summed E-state index contributed by atoms with van der Waals surface area (Å²) in [6.45, 7) is 3.94. The molecule has 5 nitrogen and oxygen atoms in total. The van der Waals surface area contributed by atoms with Gasteiger partial charge in [-0.1, -0.05) is 42.5 Å². The molecular formula is C20H17ClN2O3. The first kappa shape index (κ1) is 19.1. The van der Waals surface area contributed by atoms with E-state index in [1.165, 1.54) is 13.2 Å².